The van der Waals surface area contributed by atoms with E-state index in [2.05, 4.69) is 65.7 Å². The number of amides is 2. The zero-order valence-corrected chi connectivity index (χ0v) is 60.3. The number of aromatic amines is 1. The van der Waals surface area contributed by atoms with Gasteiger partial charge in [0.2, 0.25) is 0 Å². The largest absolute Gasteiger partial charge is 0.490 e. The fraction of sp³-hybridized carbons (Fsp3) is 0.525. The van der Waals surface area contributed by atoms with Gasteiger partial charge < -0.3 is 78.3 Å². The number of rotatable bonds is 42. The Hall–Kier alpha value is -5.09. The molecule has 0 saturated carbocycles. The smallest absolute Gasteiger partial charge is 0.478 e. The van der Waals surface area contributed by atoms with E-state index in [1.54, 1.807) is 27.7 Å². The molecular formula is C59H82N7O24P3S4. The van der Waals surface area contributed by atoms with Gasteiger partial charge in [0.15, 0.2) is 0 Å². The summed E-state index contributed by atoms with van der Waals surface area (Å²) in [4.78, 5) is 114. The number of ether oxygens (including phenoxy) is 6. The SMILES string of the molecule is CC/N=c1/cc2oc3cc(NCC)c(C)cc3c(-c3cc(C(=O)NCCOCCOCCNOCCC(C)(C)SSCOCCCCOC(=O)NCC#Cc4cn(C5C[C@H](OCSSCC)[C@@H](COP(=O)(O)O[P@](=O)(O)OP(=O)(O)O)O5)c(=O)[nH]c4=O)ccc3C(=O)O)c-2cc1C. The van der Waals surface area contributed by atoms with Gasteiger partial charge in [0, 0.05) is 95.8 Å². The van der Waals surface area contributed by atoms with Gasteiger partial charge >= 0.3 is 41.2 Å². The zero-order valence-electron chi connectivity index (χ0n) is 54.4. The van der Waals surface area contributed by atoms with Crippen LogP contribution in [0.15, 0.2) is 67.7 Å². The Morgan fingerprint density at radius 2 is 1.59 bits per heavy atom. The molecule has 2 aliphatic heterocycles. The molecule has 1 aliphatic carbocycles. The van der Waals surface area contributed by atoms with Crippen LogP contribution >= 0.6 is 66.6 Å². The van der Waals surface area contributed by atoms with Crippen molar-refractivity contribution in [3.05, 3.63) is 103 Å². The van der Waals surface area contributed by atoms with Crippen molar-refractivity contribution in [1.82, 2.24) is 25.7 Å². The van der Waals surface area contributed by atoms with Gasteiger partial charge in [0.1, 0.15) is 41.1 Å². The number of carbonyl (C=O) groups excluding carboxylic acids is 2. The number of carboxylic acids is 1. The van der Waals surface area contributed by atoms with Crippen LogP contribution in [0.4, 0.5) is 10.5 Å². The number of aromatic nitrogens is 2. The van der Waals surface area contributed by atoms with E-state index in [-0.39, 0.29) is 66.0 Å². The molecule has 0 radical (unpaired) electrons. The second-order valence-electron chi connectivity index (χ2n) is 21.6. The number of nitrogens with zero attached hydrogens (tertiary/aromatic N) is 2. The normalized spacial score (nSPS) is 16.4. The predicted octanol–water partition coefficient (Wildman–Crippen LogP) is 8.46. The van der Waals surface area contributed by atoms with Crippen LogP contribution in [0.3, 0.4) is 0 Å². The number of hydrogen-bond donors (Lipinski definition) is 10. The first kappa shape index (κ1) is 80.9. The molecule has 2 amide bonds. The number of nitrogens with one attached hydrogen (secondary N) is 5. The minimum atomic E-state index is -5.79. The van der Waals surface area contributed by atoms with Gasteiger partial charge in [-0.25, -0.2) is 33.6 Å². The van der Waals surface area contributed by atoms with Gasteiger partial charge in [0.25, 0.3) is 11.5 Å². The zero-order chi connectivity index (χ0) is 70.8. The molecule has 2 unspecified atom stereocenters. The summed E-state index contributed by atoms with van der Waals surface area (Å²) >= 11 is 0. The van der Waals surface area contributed by atoms with Crippen LogP contribution in [0.2, 0.25) is 0 Å². The van der Waals surface area contributed by atoms with Crippen LogP contribution in [0, 0.1) is 25.7 Å². The second kappa shape index (κ2) is 39.8. The van der Waals surface area contributed by atoms with Crippen molar-refractivity contribution in [1.29, 1.82) is 0 Å². The first-order valence-electron chi connectivity index (χ1n) is 30.5. The number of alkyl carbamates (subject to hydrolysis) is 1. The lowest BCUT2D eigenvalue weighted by Gasteiger charge is -2.22. The summed E-state index contributed by atoms with van der Waals surface area (Å²) in [6.45, 7) is 17.1. The van der Waals surface area contributed by atoms with Crippen molar-refractivity contribution < 1.29 is 104 Å². The number of benzene rings is 3. The number of aromatic carboxylic acids is 1. The van der Waals surface area contributed by atoms with E-state index in [0.717, 1.165) is 45.1 Å². The van der Waals surface area contributed by atoms with Crippen LogP contribution < -0.4 is 38.0 Å². The minimum absolute atomic E-state index is 0.0409. The summed E-state index contributed by atoms with van der Waals surface area (Å²) < 4.78 is 88.8. The molecule has 97 heavy (non-hydrogen) atoms. The van der Waals surface area contributed by atoms with E-state index in [9.17, 15) is 52.6 Å². The van der Waals surface area contributed by atoms with Crippen molar-refractivity contribution in [3.8, 4) is 34.3 Å². The van der Waals surface area contributed by atoms with Crippen molar-refractivity contribution in [3.63, 3.8) is 0 Å². The Bertz CT molecular complexity index is 3850. The fourth-order valence-corrected chi connectivity index (χ4v) is 15.9. The first-order chi connectivity index (χ1) is 46.1. The summed E-state index contributed by atoms with van der Waals surface area (Å²) in [7, 11) is -10.9. The third kappa shape index (κ3) is 27.1. The molecule has 2 aromatic carbocycles. The number of phosphoric acid groups is 3. The van der Waals surface area contributed by atoms with Gasteiger partial charge in [-0.2, -0.15) is 8.62 Å². The molecule has 0 spiro atoms. The molecule has 536 valence electrons. The monoisotopic (exact) mass is 1490 g/mol. The van der Waals surface area contributed by atoms with E-state index in [0.29, 0.717) is 105 Å². The molecule has 5 atom stereocenters. The number of hydrogen-bond acceptors (Lipinski definition) is 26. The van der Waals surface area contributed by atoms with Crippen LogP contribution in [-0.2, 0) is 60.1 Å². The number of anilines is 1. The fourth-order valence-electron chi connectivity index (χ4n) is 9.28. The number of fused-ring (bicyclic) bond motifs is 2. The minimum Gasteiger partial charge on any atom is -0.478 e. The summed E-state index contributed by atoms with van der Waals surface area (Å²) in [6, 6.07) is 12.3. The summed E-state index contributed by atoms with van der Waals surface area (Å²) in [6.07, 6.45) is -1.16. The lowest BCUT2D eigenvalue weighted by Crippen LogP contribution is -2.34. The number of unbranched alkanes of at least 4 members (excludes halogenated alkanes) is 1. The quantitative estimate of drug-likeness (QED) is 0.00333. The molecular weight excluding hydrogens is 1410 g/mol. The molecule has 3 aromatic rings. The maximum Gasteiger partial charge on any atom is 0.490 e. The highest BCUT2D eigenvalue weighted by Gasteiger charge is 2.44. The Kier molecular flexibility index (Phi) is 33.2. The topological polar surface area (TPSA) is 424 Å². The van der Waals surface area contributed by atoms with E-state index < -0.39 is 71.8 Å². The maximum absolute atomic E-state index is 13.5. The van der Waals surface area contributed by atoms with Crippen molar-refractivity contribution in [2.75, 3.05) is 109 Å². The van der Waals surface area contributed by atoms with E-state index >= 15 is 0 Å². The first-order valence-corrected chi connectivity index (χ1v) is 39.8. The average Bonchev–Trinajstić information content (AvgIpc) is 1.25. The van der Waals surface area contributed by atoms with E-state index in [1.807, 2.05) is 58.9 Å². The molecule has 3 aliphatic rings. The summed E-state index contributed by atoms with van der Waals surface area (Å²) in [5.74, 6) is 5.46. The van der Waals surface area contributed by atoms with Crippen LogP contribution in [-0.4, -0.2) is 172 Å². The lowest BCUT2D eigenvalue weighted by atomic mass is 9.88. The number of carbonyl (C=O) groups is 3. The van der Waals surface area contributed by atoms with E-state index in [4.69, 9.17) is 52.0 Å². The Morgan fingerprint density at radius 3 is 2.31 bits per heavy atom. The van der Waals surface area contributed by atoms with Gasteiger partial charge in [-0.1, -0.05) is 61.9 Å². The number of hydroxylamine groups is 1. The van der Waals surface area contributed by atoms with Crippen LogP contribution in [0.1, 0.15) is 104 Å². The Balaban J connectivity index is 0.799. The van der Waals surface area contributed by atoms with Gasteiger partial charge in [-0.05, 0) is 108 Å². The second-order valence-corrected chi connectivity index (χ2v) is 31.7. The molecule has 0 bridgehead atoms. The standard InChI is InChI=1S/C59H82N7O24P3S4/c1-8-60-46-31-48-44(28-38(46)4)53(45-29-39(5)47(61-9-2)32-49(45)87-48)43-30-40(15-16-42(43)56(69)70)54(67)62-19-24-80-26-27-81-25-20-64-85-23-17-59(6,7)97-96-36-82-21-11-12-22-83-58(72)63-18-13-14-41-34-66(57(71)65-55(41)68)52-33-50(84-37-95-94-10-3)51(88-52)35-86-92(76,77)90-93(78,79)89-91(73,74)75/h15-16,28-32,34,50-52,60,64H,8-12,17-27,33,35-37H2,1-7H3,(H,62,67)(H,63,72)(H,69,70)(H,76,77)(H,78,79)(H,65,68,71)(H2,73,74,75)/b61-47-/t50-,51+,52?/m0/s1. The highest BCUT2D eigenvalue weighted by Crippen LogP contribution is 2.66. The summed E-state index contributed by atoms with van der Waals surface area (Å²) in [5.41, 5.74) is 6.29. The van der Waals surface area contributed by atoms with Crippen LogP contribution in [0.25, 0.3) is 33.4 Å². The summed E-state index contributed by atoms with van der Waals surface area (Å²) in [5, 5.41) is 20.6. The number of carboxylic acid groups (broad SMARTS) is 1. The average molecular weight is 1490 g/mol. The number of H-pyrrole nitrogens is 1. The van der Waals surface area contributed by atoms with Crippen molar-refractivity contribution in [2.45, 2.75) is 97.3 Å². The predicted molar refractivity (Wildman–Crippen MR) is 368 cm³/mol. The third-order valence-corrected chi connectivity index (χ3v) is 22.7. The molecule has 31 nitrogen and oxygen atoms in total. The van der Waals surface area contributed by atoms with Gasteiger partial charge in [-0.3, -0.25) is 28.7 Å². The molecule has 38 heteroatoms. The van der Waals surface area contributed by atoms with Crippen LogP contribution in [0.5, 0.6) is 0 Å². The molecule has 3 heterocycles. The highest BCUT2D eigenvalue weighted by molar-refractivity contribution is 8.77. The molecule has 1 saturated heterocycles. The molecule has 6 rings (SSSR count). The van der Waals surface area contributed by atoms with Crippen molar-refractivity contribution >= 4 is 101 Å². The van der Waals surface area contributed by atoms with Gasteiger partial charge in [-0.15, -0.1) is 0 Å². The molecule has 1 fully saturated rings. The van der Waals surface area contributed by atoms with E-state index in [1.165, 1.54) is 33.7 Å². The Labute approximate surface area is 575 Å². The Morgan fingerprint density at radius 1 is 0.835 bits per heavy atom. The molecule has 1 aromatic heterocycles. The third-order valence-electron chi connectivity index (χ3n) is 13.7. The van der Waals surface area contributed by atoms with Crippen molar-refractivity contribution in [2.24, 2.45) is 4.99 Å². The molecule has 10 N–H and O–H groups in total. The highest BCUT2D eigenvalue weighted by atomic mass is 33.1. The number of phosphoric ester groups is 1. The maximum atomic E-state index is 13.5. The van der Waals surface area contributed by atoms with Gasteiger partial charge in [0.05, 0.1) is 69.8 Å². The number of aryl methyl sites for hydroxylation is 2. The lowest BCUT2D eigenvalue weighted by molar-refractivity contribution is -0.0543.